The molecule has 2 aliphatic rings. The molecule has 0 atom stereocenters. The number of aryl methyl sites for hydroxylation is 1. The maximum atomic E-state index is 12.7. The van der Waals surface area contributed by atoms with E-state index >= 15 is 0 Å². The summed E-state index contributed by atoms with van der Waals surface area (Å²) in [6.45, 7) is 5.54. The van der Waals surface area contributed by atoms with Gasteiger partial charge in [0, 0.05) is 29.6 Å². The van der Waals surface area contributed by atoms with Gasteiger partial charge in [-0.05, 0) is 62.6 Å². The Morgan fingerprint density at radius 1 is 1.27 bits per heavy atom. The van der Waals surface area contributed by atoms with Crippen LogP contribution < -0.4 is 5.32 Å². The first kappa shape index (κ1) is 19.0. The zero-order chi connectivity index (χ0) is 18.9. The number of hydrogen-bond acceptors (Lipinski definition) is 3. The summed E-state index contributed by atoms with van der Waals surface area (Å²) in [6, 6.07) is 6.28. The number of likely N-dealkylation sites (tertiary alicyclic amines) is 1. The number of benzene rings is 1. The van der Waals surface area contributed by atoms with Gasteiger partial charge in [-0.3, -0.25) is 4.79 Å². The molecule has 0 bridgehead atoms. The van der Waals surface area contributed by atoms with Crippen molar-refractivity contribution >= 4 is 23.6 Å². The van der Waals surface area contributed by atoms with Crippen LogP contribution in [0.1, 0.15) is 49.7 Å². The molecule has 142 valence electrons. The van der Waals surface area contributed by atoms with Crippen LogP contribution >= 0.6 is 11.6 Å². The minimum atomic E-state index is -0.434. The molecule has 1 aliphatic heterocycles. The lowest BCUT2D eigenvalue weighted by atomic mass is 9.68. The highest BCUT2D eigenvalue weighted by Gasteiger charge is 2.46. The molecule has 1 aromatic rings. The number of amides is 2. The van der Waals surface area contributed by atoms with Crippen molar-refractivity contribution in [1.82, 2.24) is 10.2 Å². The van der Waals surface area contributed by atoms with Crippen LogP contribution in [-0.4, -0.2) is 42.6 Å². The van der Waals surface area contributed by atoms with E-state index in [2.05, 4.69) is 28.3 Å². The number of piperidine rings is 1. The second-order valence-corrected chi connectivity index (χ2v) is 8.30. The minimum absolute atomic E-state index is 0.00234. The van der Waals surface area contributed by atoms with Crippen LogP contribution in [0.15, 0.2) is 18.2 Å². The molecule has 1 aliphatic carbocycles. The highest BCUT2D eigenvalue weighted by Crippen LogP contribution is 2.40. The summed E-state index contributed by atoms with van der Waals surface area (Å²) < 4.78 is 4.65. The Hall–Kier alpha value is -1.75. The van der Waals surface area contributed by atoms with Crippen LogP contribution in [0.3, 0.4) is 0 Å². The van der Waals surface area contributed by atoms with Crippen LogP contribution in [0.25, 0.3) is 0 Å². The van der Waals surface area contributed by atoms with Gasteiger partial charge in [0.25, 0.3) is 0 Å². The molecule has 1 aromatic carbocycles. The lowest BCUT2D eigenvalue weighted by Gasteiger charge is -2.46. The third-order valence-corrected chi connectivity index (χ3v) is 6.21. The molecule has 0 spiro atoms. The van der Waals surface area contributed by atoms with Gasteiger partial charge in [-0.15, -0.1) is 0 Å². The van der Waals surface area contributed by atoms with E-state index in [1.54, 1.807) is 0 Å². The number of halogens is 1. The molecule has 0 radical (unpaired) electrons. The summed E-state index contributed by atoms with van der Waals surface area (Å²) >= 11 is 6.25. The standard InChI is InChI=1S/C20H27ClN2O3/c1-13-4-5-15(10-17(13)21)14-6-8-23(9-7-14)18(24)16-11-20(2,12-16)22-19(25)26-3/h4-5,10,14,16H,6-9,11-12H2,1-3H3,(H,22,25). The molecule has 1 saturated carbocycles. The van der Waals surface area contributed by atoms with Crippen molar-refractivity contribution in [2.45, 2.75) is 51.0 Å². The van der Waals surface area contributed by atoms with Gasteiger partial charge >= 0.3 is 6.09 Å². The van der Waals surface area contributed by atoms with Crippen LogP contribution in [0.2, 0.25) is 5.02 Å². The molecule has 2 amide bonds. The number of nitrogens with zero attached hydrogens (tertiary/aromatic N) is 1. The lowest BCUT2D eigenvalue weighted by molar-refractivity contribution is -0.142. The predicted octanol–water partition coefficient (Wildman–Crippen LogP) is 3.88. The van der Waals surface area contributed by atoms with Crippen molar-refractivity contribution in [3.05, 3.63) is 34.3 Å². The Morgan fingerprint density at radius 3 is 2.50 bits per heavy atom. The summed E-state index contributed by atoms with van der Waals surface area (Å²) in [5, 5.41) is 3.64. The number of carbonyl (C=O) groups excluding carboxylic acids is 2. The summed E-state index contributed by atoms with van der Waals surface area (Å²) in [5.74, 6) is 0.682. The topological polar surface area (TPSA) is 58.6 Å². The van der Waals surface area contributed by atoms with E-state index in [1.807, 2.05) is 18.7 Å². The second kappa shape index (κ2) is 7.47. The third-order valence-electron chi connectivity index (χ3n) is 5.81. The van der Waals surface area contributed by atoms with Gasteiger partial charge in [-0.1, -0.05) is 23.7 Å². The van der Waals surface area contributed by atoms with E-state index in [0.717, 1.165) is 36.5 Å². The smallest absolute Gasteiger partial charge is 0.407 e. The van der Waals surface area contributed by atoms with E-state index in [9.17, 15) is 9.59 Å². The molecule has 3 rings (SSSR count). The Bertz CT molecular complexity index is 692. The second-order valence-electron chi connectivity index (χ2n) is 7.89. The molecular weight excluding hydrogens is 352 g/mol. The Kier molecular flexibility index (Phi) is 5.47. The number of methoxy groups -OCH3 is 1. The fraction of sp³-hybridized carbons (Fsp3) is 0.600. The molecule has 5 nitrogen and oxygen atoms in total. The molecule has 1 saturated heterocycles. The molecule has 26 heavy (non-hydrogen) atoms. The lowest BCUT2D eigenvalue weighted by Crippen LogP contribution is -2.59. The Morgan fingerprint density at radius 2 is 1.92 bits per heavy atom. The number of hydrogen-bond donors (Lipinski definition) is 1. The minimum Gasteiger partial charge on any atom is -0.453 e. The fourth-order valence-electron chi connectivity index (χ4n) is 4.16. The van der Waals surface area contributed by atoms with Crippen molar-refractivity contribution < 1.29 is 14.3 Å². The molecule has 6 heteroatoms. The third kappa shape index (κ3) is 3.98. The number of nitrogens with one attached hydrogen (secondary N) is 1. The van der Waals surface area contributed by atoms with E-state index in [1.165, 1.54) is 12.7 Å². The van der Waals surface area contributed by atoms with Crippen LogP contribution in [0.4, 0.5) is 4.79 Å². The predicted molar refractivity (Wildman–Crippen MR) is 101 cm³/mol. The van der Waals surface area contributed by atoms with Gasteiger partial charge in [0.05, 0.1) is 7.11 Å². The highest BCUT2D eigenvalue weighted by atomic mass is 35.5. The molecule has 0 unspecified atom stereocenters. The van der Waals surface area contributed by atoms with Gasteiger partial charge in [0.1, 0.15) is 0 Å². The zero-order valence-corrected chi connectivity index (χ0v) is 16.4. The average Bonchev–Trinajstić information content (AvgIpc) is 2.61. The SMILES string of the molecule is COC(=O)NC1(C)CC(C(=O)N2CCC(c3ccc(C)c(Cl)c3)CC2)C1. The normalized spacial score (nSPS) is 26.2. The van der Waals surface area contributed by atoms with Crippen molar-refractivity contribution in [2.24, 2.45) is 5.92 Å². The van der Waals surface area contributed by atoms with Gasteiger partial charge in [0.2, 0.25) is 5.91 Å². The van der Waals surface area contributed by atoms with Gasteiger partial charge in [-0.2, -0.15) is 0 Å². The first-order valence-corrected chi connectivity index (χ1v) is 9.60. The molecule has 0 aromatic heterocycles. The maximum Gasteiger partial charge on any atom is 0.407 e. The van der Waals surface area contributed by atoms with E-state index in [4.69, 9.17) is 11.6 Å². The first-order chi connectivity index (χ1) is 12.3. The summed E-state index contributed by atoms with van der Waals surface area (Å²) in [6.07, 6.45) is 2.85. The highest BCUT2D eigenvalue weighted by molar-refractivity contribution is 6.31. The summed E-state index contributed by atoms with van der Waals surface area (Å²) in [7, 11) is 1.35. The number of carbonyl (C=O) groups is 2. The number of rotatable bonds is 3. The van der Waals surface area contributed by atoms with Crippen molar-refractivity contribution in [1.29, 1.82) is 0 Å². The van der Waals surface area contributed by atoms with Crippen LogP contribution in [0.5, 0.6) is 0 Å². The van der Waals surface area contributed by atoms with Crippen LogP contribution in [0, 0.1) is 12.8 Å². The number of alkyl carbamates (subject to hydrolysis) is 1. The average molecular weight is 379 g/mol. The molecule has 1 heterocycles. The molecule has 2 fully saturated rings. The van der Waals surface area contributed by atoms with E-state index in [0.29, 0.717) is 18.8 Å². The quantitative estimate of drug-likeness (QED) is 0.868. The van der Waals surface area contributed by atoms with Crippen LogP contribution in [-0.2, 0) is 9.53 Å². The fourth-order valence-corrected chi connectivity index (χ4v) is 4.35. The van der Waals surface area contributed by atoms with Crippen molar-refractivity contribution in [3.8, 4) is 0 Å². The number of ether oxygens (including phenoxy) is 1. The molecule has 1 N–H and O–H groups in total. The van der Waals surface area contributed by atoms with Crippen molar-refractivity contribution in [2.75, 3.05) is 20.2 Å². The molecular formula is C20H27ClN2O3. The monoisotopic (exact) mass is 378 g/mol. The van der Waals surface area contributed by atoms with E-state index < -0.39 is 6.09 Å². The summed E-state index contributed by atoms with van der Waals surface area (Å²) in [5.41, 5.74) is 2.03. The van der Waals surface area contributed by atoms with Crippen molar-refractivity contribution in [3.63, 3.8) is 0 Å². The van der Waals surface area contributed by atoms with Gasteiger partial charge < -0.3 is 15.0 Å². The first-order valence-electron chi connectivity index (χ1n) is 9.22. The van der Waals surface area contributed by atoms with E-state index in [-0.39, 0.29) is 17.4 Å². The maximum absolute atomic E-state index is 12.7. The summed E-state index contributed by atoms with van der Waals surface area (Å²) in [4.78, 5) is 26.1. The largest absolute Gasteiger partial charge is 0.453 e. The Labute approximate surface area is 160 Å². The Balaban J connectivity index is 1.50. The van der Waals surface area contributed by atoms with Gasteiger partial charge in [0.15, 0.2) is 0 Å². The zero-order valence-electron chi connectivity index (χ0n) is 15.7. The van der Waals surface area contributed by atoms with Gasteiger partial charge in [-0.25, -0.2) is 4.79 Å².